The monoisotopic (exact) mass is 549 g/mol. The highest BCUT2D eigenvalue weighted by atomic mass is 127. The van der Waals surface area contributed by atoms with Gasteiger partial charge >= 0.3 is 0 Å². The summed E-state index contributed by atoms with van der Waals surface area (Å²) in [4.78, 5) is 4.59. The molecule has 8 heteroatoms. The van der Waals surface area contributed by atoms with Crippen molar-refractivity contribution < 1.29 is 9.84 Å². The lowest BCUT2D eigenvalue weighted by Crippen LogP contribution is -2.39. The van der Waals surface area contributed by atoms with Crippen LogP contribution in [0, 0.1) is 0 Å². The third kappa shape index (κ3) is 7.83. The van der Waals surface area contributed by atoms with E-state index in [1.807, 2.05) is 92.3 Å². The van der Waals surface area contributed by atoms with E-state index in [1.165, 1.54) is 0 Å². The minimum absolute atomic E-state index is 0. The largest absolute Gasteiger partial charge is 0.491 e. The van der Waals surface area contributed by atoms with Crippen LogP contribution in [0.4, 0.5) is 0 Å². The molecular weight excluding hydrogens is 517 g/mol. The summed E-state index contributed by atoms with van der Waals surface area (Å²) in [5.41, 5.74) is 2.69. The molecule has 1 heterocycles. The zero-order chi connectivity index (χ0) is 22.1. The number of aliphatic imine (C=N–C) groups is 1. The number of ether oxygens (including phenoxy) is 1. The maximum Gasteiger partial charge on any atom is 0.191 e. The predicted octanol–water partition coefficient (Wildman–Crippen LogP) is 4.07. The molecule has 7 nitrogen and oxygen atoms in total. The molecule has 0 fully saturated rings. The fourth-order valence-electron chi connectivity index (χ4n) is 3.02. The van der Waals surface area contributed by atoms with E-state index in [9.17, 15) is 5.11 Å². The molecule has 1 unspecified atom stereocenters. The maximum absolute atomic E-state index is 10.5. The highest BCUT2D eigenvalue weighted by Crippen LogP contribution is 2.18. The fraction of sp³-hybridized carbons (Fsp3) is 0.333. The number of hydrogen-bond donors (Lipinski definition) is 3. The average Bonchev–Trinajstić information content (AvgIpc) is 3.25. The quantitative estimate of drug-likeness (QED) is 0.213. The van der Waals surface area contributed by atoms with Crippen molar-refractivity contribution in [3.63, 3.8) is 0 Å². The van der Waals surface area contributed by atoms with Crippen LogP contribution >= 0.6 is 24.0 Å². The van der Waals surface area contributed by atoms with Crippen LogP contribution in [0.2, 0.25) is 0 Å². The number of halogens is 1. The molecule has 0 bridgehead atoms. The van der Waals surface area contributed by atoms with Crippen molar-refractivity contribution in [2.24, 2.45) is 4.99 Å². The van der Waals surface area contributed by atoms with Gasteiger partial charge in [0.05, 0.1) is 30.1 Å². The number of para-hydroxylation sites is 1. The van der Waals surface area contributed by atoms with Crippen LogP contribution in [-0.4, -0.2) is 40.0 Å². The van der Waals surface area contributed by atoms with E-state index in [1.54, 1.807) is 0 Å². The summed E-state index contributed by atoms with van der Waals surface area (Å²) in [6.45, 7) is 7.48. The maximum atomic E-state index is 10.5. The number of nitrogens with one attached hydrogen (secondary N) is 2. The van der Waals surface area contributed by atoms with Crippen molar-refractivity contribution in [1.29, 1.82) is 0 Å². The third-order valence-corrected chi connectivity index (χ3v) is 4.51. The molecule has 3 N–H and O–H groups in total. The standard InChI is InChI=1S/C24H31N5O2.HI/c1-4-25-24(26-16-20-14-15-29(28-20)21-8-6-5-7-9-21)27-17-23(30)19-10-12-22(13-11-19)31-18(2)3;/h5-15,18,23,30H,4,16-17H2,1-3H3,(H2,25,26,27);1H. The highest BCUT2D eigenvalue weighted by Gasteiger charge is 2.09. The summed E-state index contributed by atoms with van der Waals surface area (Å²) < 4.78 is 7.48. The zero-order valence-electron chi connectivity index (χ0n) is 18.7. The zero-order valence-corrected chi connectivity index (χ0v) is 21.1. The Hall–Kier alpha value is -2.59. The van der Waals surface area contributed by atoms with Crippen molar-refractivity contribution >= 4 is 29.9 Å². The van der Waals surface area contributed by atoms with Crippen LogP contribution in [-0.2, 0) is 6.54 Å². The van der Waals surface area contributed by atoms with E-state index in [0.29, 0.717) is 19.0 Å². The molecule has 3 rings (SSSR count). The number of guanidine groups is 1. The number of rotatable bonds is 9. The van der Waals surface area contributed by atoms with Crippen molar-refractivity contribution in [2.45, 2.75) is 39.5 Å². The number of benzene rings is 2. The normalized spacial score (nSPS) is 12.2. The minimum Gasteiger partial charge on any atom is -0.491 e. The van der Waals surface area contributed by atoms with Gasteiger partial charge in [-0.2, -0.15) is 5.10 Å². The van der Waals surface area contributed by atoms with Crippen LogP contribution in [0.5, 0.6) is 5.75 Å². The summed E-state index contributed by atoms with van der Waals surface area (Å²) in [7, 11) is 0. The first-order valence-corrected chi connectivity index (χ1v) is 10.6. The molecule has 172 valence electrons. The van der Waals surface area contributed by atoms with Gasteiger partial charge in [-0.25, -0.2) is 9.67 Å². The molecule has 1 atom stereocenters. The molecular formula is C24H32IN5O2. The minimum atomic E-state index is -0.658. The van der Waals surface area contributed by atoms with Crippen LogP contribution in [0.15, 0.2) is 71.9 Å². The van der Waals surface area contributed by atoms with Gasteiger partial charge in [0, 0.05) is 19.3 Å². The van der Waals surface area contributed by atoms with Gasteiger partial charge < -0.3 is 20.5 Å². The summed E-state index contributed by atoms with van der Waals surface area (Å²) in [6.07, 6.45) is 1.39. The van der Waals surface area contributed by atoms with Gasteiger partial charge in [0.2, 0.25) is 0 Å². The van der Waals surface area contributed by atoms with Crippen LogP contribution < -0.4 is 15.4 Å². The lowest BCUT2D eigenvalue weighted by atomic mass is 10.1. The molecule has 32 heavy (non-hydrogen) atoms. The summed E-state index contributed by atoms with van der Waals surface area (Å²) in [5.74, 6) is 1.43. The van der Waals surface area contributed by atoms with E-state index < -0.39 is 6.10 Å². The topological polar surface area (TPSA) is 83.7 Å². The molecule has 2 aromatic carbocycles. The predicted molar refractivity (Wildman–Crippen MR) is 139 cm³/mol. The smallest absolute Gasteiger partial charge is 0.191 e. The molecule has 0 saturated carbocycles. The van der Waals surface area contributed by atoms with Crippen molar-refractivity contribution in [3.05, 3.63) is 78.1 Å². The van der Waals surface area contributed by atoms with Crippen LogP contribution in [0.3, 0.4) is 0 Å². The molecule has 1 aromatic heterocycles. The number of aromatic nitrogens is 2. The third-order valence-electron chi connectivity index (χ3n) is 4.51. The van der Waals surface area contributed by atoms with E-state index >= 15 is 0 Å². The van der Waals surface area contributed by atoms with Gasteiger partial charge in [0.1, 0.15) is 5.75 Å². The van der Waals surface area contributed by atoms with Gasteiger partial charge in [-0.15, -0.1) is 24.0 Å². The van der Waals surface area contributed by atoms with E-state index in [2.05, 4.69) is 20.7 Å². The molecule has 0 spiro atoms. The molecule has 3 aromatic rings. The Morgan fingerprint density at radius 2 is 1.78 bits per heavy atom. The first-order chi connectivity index (χ1) is 15.0. The van der Waals surface area contributed by atoms with Gasteiger partial charge in [-0.3, -0.25) is 0 Å². The Kier molecular flexibility index (Phi) is 10.5. The number of aliphatic hydroxyl groups excluding tert-OH is 1. The number of hydrogen-bond acceptors (Lipinski definition) is 4. The Morgan fingerprint density at radius 3 is 2.44 bits per heavy atom. The SMILES string of the molecule is CCNC(=NCc1ccn(-c2ccccc2)n1)NCC(O)c1ccc(OC(C)C)cc1.I. The van der Waals surface area contributed by atoms with E-state index in [-0.39, 0.29) is 30.1 Å². The summed E-state index contributed by atoms with van der Waals surface area (Å²) in [6, 6.07) is 19.4. The van der Waals surface area contributed by atoms with Gasteiger partial charge in [-0.1, -0.05) is 30.3 Å². The first kappa shape index (κ1) is 25.7. The van der Waals surface area contributed by atoms with Crippen molar-refractivity contribution in [3.8, 4) is 11.4 Å². The number of aliphatic hydroxyl groups is 1. The molecule has 0 saturated heterocycles. The second-order valence-corrected chi connectivity index (χ2v) is 7.41. The Labute approximate surface area is 206 Å². The van der Waals surface area contributed by atoms with Gasteiger partial charge in [0.15, 0.2) is 5.96 Å². The van der Waals surface area contributed by atoms with Crippen LogP contribution in [0.1, 0.15) is 38.1 Å². The summed E-state index contributed by atoms with van der Waals surface area (Å²) >= 11 is 0. The first-order valence-electron chi connectivity index (χ1n) is 10.6. The van der Waals surface area contributed by atoms with Crippen LogP contribution in [0.25, 0.3) is 5.69 Å². The summed E-state index contributed by atoms with van der Waals surface area (Å²) in [5, 5.41) is 21.5. The lowest BCUT2D eigenvalue weighted by molar-refractivity contribution is 0.180. The molecule has 0 aliphatic carbocycles. The lowest BCUT2D eigenvalue weighted by Gasteiger charge is -2.16. The Balaban J connectivity index is 0.00000363. The van der Waals surface area contributed by atoms with Crippen molar-refractivity contribution in [2.75, 3.05) is 13.1 Å². The fourth-order valence-corrected chi connectivity index (χ4v) is 3.02. The van der Waals surface area contributed by atoms with Gasteiger partial charge in [0.25, 0.3) is 0 Å². The Morgan fingerprint density at radius 1 is 1.06 bits per heavy atom. The second kappa shape index (κ2) is 13.1. The molecule has 0 radical (unpaired) electrons. The van der Waals surface area contributed by atoms with E-state index in [0.717, 1.165) is 29.2 Å². The highest BCUT2D eigenvalue weighted by molar-refractivity contribution is 14.0. The molecule has 0 amide bonds. The van der Waals surface area contributed by atoms with E-state index in [4.69, 9.17) is 4.74 Å². The Bertz CT molecular complexity index is 958. The molecule has 0 aliphatic heterocycles. The number of nitrogens with zero attached hydrogens (tertiary/aromatic N) is 3. The molecule has 0 aliphatic rings. The average molecular weight is 549 g/mol. The van der Waals surface area contributed by atoms with Gasteiger partial charge in [-0.05, 0) is 56.7 Å². The second-order valence-electron chi connectivity index (χ2n) is 7.41. The van der Waals surface area contributed by atoms with Crippen molar-refractivity contribution in [1.82, 2.24) is 20.4 Å².